The van der Waals surface area contributed by atoms with Gasteiger partial charge in [0.2, 0.25) is 0 Å². The molecule has 0 saturated carbocycles. The van der Waals surface area contributed by atoms with Crippen molar-refractivity contribution in [2.24, 2.45) is 5.73 Å². The number of aryl methyl sites for hydroxylation is 1. The molecule has 0 amide bonds. The molecule has 4 heteroatoms. The maximum atomic E-state index is 13.4. The number of hydrogen-bond acceptors (Lipinski definition) is 3. The smallest absolute Gasteiger partial charge is 0.123 e. The van der Waals surface area contributed by atoms with E-state index in [4.69, 9.17) is 10.5 Å². The lowest BCUT2D eigenvalue weighted by atomic mass is 9.83. The summed E-state index contributed by atoms with van der Waals surface area (Å²) < 4.78 is 19.4. The van der Waals surface area contributed by atoms with Gasteiger partial charge in [0.15, 0.2) is 0 Å². The summed E-state index contributed by atoms with van der Waals surface area (Å²) in [5.41, 5.74) is 8.82. The molecule has 1 aromatic carbocycles. The zero-order chi connectivity index (χ0) is 14.4. The molecule has 0 bridgehead atoms. The van der Waals surface area contributed by atoms with Crippen LogP contribution in [0.4, 0.5) is 4.39 Å². The van der Waals surface area contributed by atoms with E-state index in [0.29, 0.717) is 6.04 Å². The van der Waals surface area contributed by atoms with E-state index in [2.05, 4.69) is 4.90 Å². The van der Waals surface area contributed by atoms with E-state index >= 15 is 0 Å². The first-order valence-electron chi connectivity index (χ1n) is 8.09. The van der Waals surface area contributed by atoms with E-state index < -0.39 is 0 Å². The molecule has 0 aromatic heterocycles. The van der Waals surface area contributed by atoms with Crippen molar-refractivity contribution >= 4 is 0 Å². The van der Waals surface area contributed by atoms with Crippen LogP contribution in [0.15, 0.2) is 18.2 Å². The Morgan fingerprint density at radius 2 is 2.24 bits per heavy atom. The molecule has 1 aliphatic carbocycles. The minimum atomic E-state index is -0.154. The predicted octanol–water partition coefficient (Wildman–Crippen LogP) is 2.40. The number of nitrogens with zero attached hydrogens (tertiary/aromatic N) is 1. The summed E-state index contributed by atoms with van der Waals surface area (Å²) in [6.45, 7) is 3.00. The van der Waals surface area contributed by atoms with Crippen LogP contribution in [0.1, 0.15) is 42.9 Å². The Hall–Kier alpha value is -0.970. The SMILES string of the molecule is N[C@@H]1c2ccc(F)cc2CCC1N1CCC2(CCCO2)C1. The third-order valence-corrected chi connectivity index (χ3v) is 5.59. The van der Waals surface area contributed by atoms with Gasteiger partial charge in [0.1, 0.15) is 5.82 Å². The first-order valence-corrected chi connectivity index (χ1v) is 8.09. The van der Waals surface area contributed by atoms with E-state index in [-0.39, 0.29) is 17.5 Å². The van der Waals surface area contributed by atoms with Crippen molar-refractivity contribution in [1.82, 2.24) is 4.90 Å². The van der Waals surface area contributed by atoms with E-state index in [1.54, 1.807) is 6.07 Å². The maximum absolute atomic E-state index is 13.4. The Labute approximate surface area is 125 Å². The Morgan fingerprint density at radius 3 is 3.05 bits per heavy atom. The first-order chi connectivity index (χ1) is 10.2. The van der Waals surface area contributed by atoms with Gasteiger partial charge in [-0.1, -0.05) is 6.07 Å². The molecule has 2 unspecified atom stereocenters. The van der Waals surface area contributed by atoms with Crippen molar-refractivity contribution in [2.45, 2.75) is 49.8 Å². The normalized spacial score (nSPS) is 36.3. The molecule has 2 saturated heterocycles. The largest absolute Gasteiger partial charge is 0.374 e. The number of ether oxygens (including phenoxy) is 1. The van der Waals surface area contributed by atoms with Crippen LogP contribution in [0.2, 0.25) is 0 Å². The molecule has 3 atom stereocenters. The second kappa shape index (κ2) is 5.04. The molecule has 114 valence electrons. The summed E-state index contributed by atoms with van der Waals surface area (Å²) in [4.78, 5) is 2.52. The van der Waals surface area contributed by atoms with Gasteiger partial charge in [0, 0.05) is 31.8 Å². The number of hydrogen-bond donors (Lipinski definition) is 1. The van der Waals surface area contributed by atoms with Crippen molar-refractivity contribution < 1.29 is 9.13 Å². The third-order valence-electron chi connectivity index (χ3n) is 5.59. The molecule has 1 aromatic rings. The van der Waals surface area contributed by atoms with Gasteiger partial charge in [0.25, 0.3) is 0 Å². The van der Waals surface area contributed by atoms with Gasteiger partial charge in [-0.05, 0) is 55.4 Å². The molecule has 3 aliphatic rings. The van der Waals surface area contributed by atoms with Gasteiger partial charge in [0.05, 0.1) is 5.60 Å². The van der Waals surface area contributed by atoms with Crippen molar-refractivity contribution in [1.29, 1.82) is 0 Å². The van der Waals surface area contributed by atoms with Crippen LogP contribution in [-0.4, -0.2) is 36.2 Å². The van der Waals surface area contributed by atoms with Crippen LogP contribution in [0.3, 0.4) is 0 Å². The number of fused-ring (bicyclic) bond motifs is 1. The Bertz CT molecular complexity index is 542. The quantitative estimate of drug-likeness (QED) is 0.863. The second-order valence-electron chi connectivity index (χ2n) is 6.83. The topological polar surface area (TPSA) is 38.5 Å². The minimum absolute atomic E-state index is 0.00842. The van der Waals surface area contributed by atoms with Crippen molar-refractivity contribution in [3.05, 3.63) is 35.1 Å². The maximum Gasteiger partial charge on any atom is 0.123 e. The van der Waals surface area contributed by atoms with Crippen molar-refractivity contribution in [2.75, 3.05) is 19.7 Å². The molecule has 4 rings (SSSR count). The molecule has 1 spiro atoms. The highest BCUT2D eigenvalue weighted by atomic mass is 19.1. The van der Waals surface area contributed by atoms with Crippen molar-refractivity contribution in [3.63, 3.8) is 0 Å². The van der Waals surface area contributed by atoms with Crippen molar-refractivity contribution in [3.8, 4) is 0 Å². The summed E-state index contributed by atoms with van der Waals surface area (Å²) in [5, 5.41) is 0. The van der Waals surface area contributed by atoms with Crippen LogP contribution >= 0.6 is 0 Å². The lowest BCUT2D eigenvalue weighted by molar-refractivity contribution is 0.00717. The van der Waals surface area contributed by atoms with Gasteiger partial charge in [-0.2, -0.15) is 0 Å². The average molecular weight is 290 g/mol. The highest BCUT2D eigenvalue weighted by Crippen LogP contribution is 2.39. The summed E-state index contributed by atoms with van der Waals surface area (Å²) in [6, 6.07) is 5.42. The van der Waals surface area contributed by atoms with Gasteiger partial charge < -0.3 is 10.5 Å². The van der Waals surface area contributed by atoms with Gasteiger partial charge in [-0.25, -0.2) is 4.39 Å². The number of rotatable bonds is 1. The molecule has 21 heavy (non-hydrogen) atoms. The zero-order valence-corrected chi connectivity index (χ0v) is 12.4. The molecule has 2 heterocycles. The fraction of sp³-hybridized carbons (Fsp3) is 0.647. The zero-order valence-electron chi connectivity index (χ0n) is 12.4. The number of benzene rings is 1. The lowest BCUT2D eigenvalue weighted by Gasteiger charge is -2.38. The number of likely N-dealkylation sites (tertiary alicyclic amines) is 1. The van der Waals surface area contributed by atoms with Crippen LogP contribution in [0, 0.1) is 5.82 Å². The standard InChI is InChI=1S/C17H23FN2O/c18-13-3-4-14-12(10-13)2-5-15(16(14)19)20-8-7-17(11-20)6-1-9-21-17/h3-4,10,15-16H,1-2,5-9,11,19H2/t15?,16-,17?/m1/s1. The predicted molar refractivity (Wildman–Crippen MR) is 79.5 cm³/mol. The second-order valence-corrected chi connectivity index (χ2v) is 6.83. The van der Waals surface area contributed by atoms with Crippen LogP contribution in [-0.2, 0) is 11.2 Å². The molecule has 0 radical (unpaired) electrons. The fourth-order valence-electron chi connectivity index (χ4n) is 4.45. The minimum Gasteiger partial charge on any atom is -0.374 e. The Balaban J connectivity index is 1.53. The van der Waals surface area contributed by atoms with E-state index in [0.717, 1.165) is 50.1 Å². The van der Waals surface area contributed by atoms with E-state index in [9.17, 15) is 4.39 Å². The first kappa shape index (κ1) is 13.7. The molecule has 2 N–H and O–H groups in total. The summed E-state index contributed by atoms with van der Waals surface area (Å²) >= 11 is 0. The average Bonchev–Trinajstić information content (AvgIpc) is 3.10. The fourth-order valence-corrected chi connectivity index (χ4v) is 4.45. The highest BCUT2D eigenvalue weighted by molar-refractivity contribution is 5.34. The Kier molecular flexibility index (Phi) is 3.28. The molecule has 3 nitrogen and oxygen atoms in total. The Morgan fingerprint density at radius 1 is 1.33 bits per heavy atom. The molecular weight excluding hydrogens is 267 g/mol. The monoisotopic (exact) mass is 290 g/mol. The van der Waals surface area contributed by atoms with Crippen LogP contribution < -0.4 is 5.73 Å². The van der Waals surface area contributed by atoms with E-state index in [1.807, 2.05) is 6.07 Å². The highest BCUT2D eigenvalue weighted by Gasteiger charge is 2.45. The van der Waals surface area contributed by atoms with E-state index in [1.165, 1.54) is 18.9 Å². The summed E-state index contributed by atoms with van der Waals surface area (Å²) in [5.74, 6) is -0.154. The van der Waals surface area contributed by atoms with Gasteiger partial charge in [-0.3, -0.25) is 4.90 Å². The van der Waals surface area contributed by atoms with Crippen LogP contribution in [0.5, 0.6) is 0 Å². The number of nitrogens with two attached hydrogens (primary N) is 1. The van der Waals surface area contributed by atoms with Gasteiger partial charge in [-0.15, -0.1) is 0 Å². The van der Waals surface area contributed by atoms with Gasteiger partial charge >= 0.3 is 0 Å². The summed E-state index contributed by atoms with van der Waals surface area (Å²) in [7, 11) is 0. The molecular formula is C17H23FN2O. The third kappa shape index (κ3) is 2.30. The number of halogens is 1. The van der Waals surface area contributed by atoms with Crippen LogP contribution in [0.25, 0.3) is 0 Å². The molecule has 2 aliphatic heterocycles. The molecule has 2 fully saturated rings. The lowest BCUT2D eigenvalue weighted by Crippen LogP contribution is -2.46. The summed E-state index contributed by atoms with van der Waals surface area (Å²) in [6.07, 6.45) is 5.45.